The van der Waals surface area contributed by atoms with E-state index in [1.54, 1.807) is 0 Å². The lowest BCUT2D eigenvalue weighted by Crippen LogP contribution is -2.14. The van der Waals surface area contributed by atoms with Crippen LogP contribution in [-0.4, -0.2) is 31.8 Å². The monoisotopic (exact) mass is 370 g/mol. The molecule has 0 aliphatic heterocycles. The van der Waals surface area contributed by atoms with Crippen LogP contribution in [0.4, 0.5) is 24.7 Å². The van der Waals surface area contributed by atoms with Crippen LogP contribution in [0, 0.1) is 0 Å². The Kier molecular flexibility index (Phi) is 4.20. The van der Waals surface area contributed by atoms with Crippen molar-refractivity contribution in [3.8, 4) is 5.88 Å². The number of nitrogens with zero attached hydrogens (tertiary/aromatic N) is 2. The summed E-state index contributed by atoms with van der Waals surface area (Å²) in [4.78, 5) is 7.62. The molecule has 0 radical (unpaired) electrons. The highest BCUT2D eigenvalue weighted by atomic mass is 35.5. The van der Waals surface area contributed by atoms with Gasteiger partial charge in [-0.25, -0.2) is 18.4 Å². The Labute approximate surface area is 133 Å². The van der Waals surface area contributed by atoms with Gasteiger partial charge in [-0.2, -0.15) is 13.2 Å². The number of nitrogens with one attached hydrogen (secondary N) is 1. The van der Waals surface area contributed by atoms with Crippen molar-refractivity contribution in [2.75, 3.05) is 23.8 Å². The fourth-order valence-electron chi connectivity index (χ4n) is 1.80. The number of fused-ring (bicyclic) bond motifs is 1. The van der Waals surface area contributed by atoms with E-state index in [9.17, 15) is 21.6 Å². The summed E-state index contributed by atoms with van der Waals surface area (Å²) >= 11 is 5.72. The minimum Gasteiger partial charge on any atom is -0.478 e. The van der Waals surface area contributed by atoms with Crippen LogP contribution in [0.1, 0.15) is 5.56 Å². The predicted molar refractivity (Wildman–Crippen MR) is 79.0 cm³/mol. The molecule has 0 unspecified atom stereocenters. The summed E-state index contributed by atoms with van der Waals surface area (Å²) in [6.07, 6.45) is -4.06. The van der Waals surface area contributed by atoms with Gasteiger partial charge in [-0.05, 0) is 6.07 Å². The number of nitrogens with two attached hydrogens (primary N) is 1. The Hall–Kier alpha value is -2.01. The fraction of sp³-hybridized carbons (Fsp3) is 0.273. The number of benzene rings is 1. The Bertz CT molecular complexity index is 886. The minimum atomic E-state index is -4.82. The highest BCUT2D eigenvalue weighted by Crippen LogP contribution is 2.42. The molecule has 0 saturated carbocycles. The summed E-state index contributed by atoms with van der Waals surface area (Å²) in [7, 11) is -2.71. The number of halogens is 4. The number of rotatable bonds is 3. The van der Waals surface area contributed by atoms with Crippen molar-refractivity contribution in [3.63, 3.8) is 0 Å². The number of hydrogen-bond donors (Lipinski definition) is 2. The zero-order valence-electron chi connectivity index (χ0n) is 11.7. The van der Waals surface area contributed by atoms with Crippen molar-refractivity contribution in [1.29, 1.82) is 0 Å². The molecular formula is C11H10ClF3N4O3S. The van der Waals surface area contributed by atoms with Crippen molar-refractivity contribution >= 4 is 44.2 Å². The lowest BCUT2D eigenvalue weighted by Gasteiger charge is -2.16. The van der Waals surface area contributed by atoms with E-state index in [1.807, 2.05) is 4.72 Å². The summed E-state index contributed by atoms with van der Waals surface area (Å²) in [6.45, 7) is 0. The summed E-state index contributed by atoms with van der Waals surface area (Å²) in [6, 6.07) is 0.639. The second-order valence-electron chi connectivity index (χ2n) is 4.47. The lowest BCUT2D eigenvalue weighted by atomic mass is 10.1. The largest absolute Gasteiger partial charge is 0.478 e. The molecule has 0 atom stereocenters. The molecule has 1 aromatic carbocycles. The first-order valence-corrected chi connectivity index (χ1v) is 8.09. The summed E-state index contributed by atoms with van der Waals surface area (Å²) in [5.41, 5.74) is 3.23. The van der Waals surface area contributed by atoms with Crippen LogP contribution in [0.5, 0.6) is 5.88 Å². The van der Waals surface area contributed by atoms with Gasteiger partial charge in [0.15, 0.2) is 5.82 Å². The Morgan fingerprint density at radius 1 is 1.35 bits per heavy atom. The zero-order chi connectivity index (χ0) is 17.6. The van der Waals surface area contributed by atoms with Crippen LogP contribution in [-0.2, 0) is 16.2 Å². The third kappa shape index (κ3) is 3.50. The molecule has 0 bridgehead atoms. The van der Waals surface area contributed by atoms with E-state index in [2.05, 4.69) is 9.97 Å². The number of sulfonamides is 1. The van der Waals surface area contributed by atoms with Crippen LogP contribution in [0.3, 0.4) is 0 Å². The van der Waals surface area contributed by atoms with Gasteiger partial charge in [0.25, 0.3) is 5.88 Å². The third-order valence-corrected chi connectivity index (χ3v) is 3.64. The molecule has 126 valence electrons. The molecule has 0 saturated heterocycles. The fourth-order valence-corrected chi connectivity index (χ4v) is 2.73. The van der Waals surface area contributed by atoms with Crippen LogP contribution in [0.2, 0.25) is 5.02 Å². The number of methoxy groups -OCH3 is 1. The molecular weight excluding hydrogens is 361 g/mol. The van der Waals surface area contributed by atoms with Crippen LogP contribution < -0.4 is 15.2 Å². The number of nitrogen functional groups attached to an aromatic ring is 1. The van der Waals surface area contributed by atoms with E-state index in [0.717, 1.165) is 6.26 Å². The van der Waals surface area contributed by atoms with E-state index in [0.29, 0.717) is 6.07 Å². The molecule has 2 rings (SSSR count). The molecule has 0 spiro atoms. The second-order valence-corrected chi connectivity index (χ2v) is 6.60. The van der Waals surface area contributed by atoms with Gasteiger partial charge in [0.2, 0.25) is 10.0 Å². The van der Waals surface area contributed by atoms with E-state index < -0.39 is 32.5 Å². The summed E-state index contributed by atoms with van der Waals surface area (Å²) in [5.74, 6) is -0.425. The zero-order valence-corrected chi connectivity index (χ0v) is 13.3. The van der Waals surface area contributed by atoms with E-state index in [1.165, 1.54) is 7.11 Å². The maximum Gasteiger partial charge on any atom is 0.418 e. The molecule has 3 N–H and O–H groups in total. The van der Waals surface area contributed by atoms with Crippen molar-refractivity contribution in [2.24, 2.45) is 0 Å². The standard InChI is InChI=1S/C11H10ClF3N4O3S/c1-22-10-9(16)18-7-5(17-10)3-4(11(13,14)15)6(12)8(7)19-23(2,20)21/h3,19H,1-2H3,(H2,16,18). The van der Waals surface area contributed by atoms with Gasteiger partial charge < -0.3 is 10.5 Å². The molecule has 1 heterocycles. The number of hydrogen-bond acceptors (Lipinski definition) is 6. The van der Waals surface area contributed by atoms with Gasteiger partial charge in [0.05, 0.1) is 35.2 Å². The third-order valence-electron chi connectivity index (χ3n) is 2.68. The normalized spacial score (nSPS) is 12.4. The van der Waals surface area contributed by atoms with E-state index in [-0.39, 0.29) is 22.7 Å². The van der Waals surface area contributed by atoms with Gasteiger partial charge in [-0.3, -0.25) is 4.72 Å². The average molecular weight is 371 g/mol. The number of alkyl halides is 3. The minimum absolute atomic E-state index is 0.196. The SMILES string of the molecule is COc1nc2cc(C(F)(F)F)c(Cl)c(NS(C)(=O)=O)c2nc1N. The maximum absolute atomic E-state index is 13.1. The number of ether oxygens (including phenoxy) is 1. The smallest absolute Gasteiger partial charge is 0.418 e. The molecule has 12 heteroatoms. The molecule has 23 heavy (non-hydrogen) atoms. The maximum atomic E-state index is 13.1. The lowest BCUT2D eigenvalue weighted by molar-refractivity contribution is -0.137. The molecule has 0 aliphatic rings. The highest BCUT2D eigenvalue weighted by molar-refractivity contribution is 7.92. The average Bonchev–Trinajstić information content (AvgIpc) is 2.39. The Morgan fingerprint density at radius 2 is 1.96 bits per heavy atom. The van der Waals surface area contributed by atoms with Gasteiger partial charge in [-0.1, -0.05) is 11.6 Å². The molecule has 1 aromatic heterocycles. The topological polar surface area (TPSA) is 107 Å². The Morgan fingerprint density at radius 3 is 2.43 bits per heavy atom. The van der Waals surface area contributed by atoms with Crippen molar-refractivity contribution in [2.45, 2.75) is 6.18 Å². The molecule has 2 aromatic rings. The molecule has 0 fully saturated rings. The molecule has 0 aliphatic carbocycles. The van der Waals surface area contributed by atoms with Crippen molar-refractivity contribution in [3.05, 3.63) is 16.7 Å². The predicted octanol–water partition coefficient (Wildman–Crippen LogP) is 2.26. The van der Waals surface area contributed by atoms with Crippen molar-refractivity contribution in [1.82, 2.24) is 9.97 Å². The van der Waals surface area contributed by atoms with E-state index in [4.69, 9.17) is 22.1 Å². The van der Waals surface area contributed by atoms with Crippen LogP contribution >= 0.6 is 11.6 Å². The number of anilines is 2. The van der Waals surface area contributed by atoms with Gasteiger partial charge in [0, 0.05) is 0 Å². The van der Waals surface area contributed by atoms with Crippen molar-refractivity contribution < 1.29 is 26.3 Å². The van der Waals surface area contributed by atoms with E-state index >= 15 is 0 Å². The quantitative estimate of drug-likeness (QED) is 0.858. The summed E-state index contributed by atoms with van der Waals surface area (Å²) in [5, 5.41) is -0.853. The number of aromatic nitrogens is 2. The molecule has 0 amide bonds. The van der Waals surface area contributed by atoms with Gasteiger partial charge >= 0.3 is 6.18 Å². The first-order chi connectivity index (χ1) is 10.4. The van der Waals surface area contributed by atoms with Gasteiger partial charge in [-0.15, -0.1) is 0 Å². The molecule has 7 nitrogen and oxygen atoms in total. The highest BCUT2D eigenvalue weighted by Gasteiger charge is 2.36. The Balaban J connectivity index is 2.92. The first-order valence-electron chi connectivity index (χ1n) is 5.82. The van der Waals surface area contributed by atoms with Crippen LogP contribution in [0.25, 0.3) is 11.0 Å². The van der Waals surface area contributed by atoms with Crippen LogP contribution in [0.15, 0.2) is 6.07 Å². The van der Waals surface area contributed by atoms with Gasteiger partial charge in [0.1, 0.15) is 5.52 Å². The second kappa shape index (κ2) is 5.57. The summed E-state index contributed by atoms with van der Waals surface area (Å²) < 4.78 is 68.8. The first kappa shape index (κ1) is 17.3.